The van der Waals surface area contributed by atoms with Crippen molar-refractivity contribution >= 4 is 17.5 Å². The summed E-state index contributed by atoms with van der Waals surface area (Å²) in [6, 6.07) is 7.33. The third-order valence-electron chi connectivity index (χ3n) is 2.74. The average molecular weight is 262 g/mol. The van der Waals surface area contributed by atoms with Gasteiger partial charge in [0.1, 0.15) is 0 Å². The van der Waals surface area contributed by atoms with Crippen molar-refractivity contribution < 1.29 is 9.59 Å². The van der Waals surface area contributed by atoms with Crippen molar-refractivity contribution in [2.75, 3.05) is 11.9 Å². The number of carbonyl (C=O) groups excluding carboxylic acids is 2. The van der Waals surface area contributed by atoms with Crippen LogP contribution in [0.1, 0.15) is 38.7 Å². The molecule has 1 aromatic carbocycles. The van der Waals surface area contributed by atoms with Crippen molar-refractivity contribution in [2.45, 2.75) is 39.5 Å². The molecule has 0 unspecified atom stereocenters. The van der Waals surface area contributed by atoms with Crippen molar-refractivity contribution in [1.82, 2.24) is 5.32 Å². The van der Waals surface area contributed by atoms with Crippen molar-refractivity contribution in [3.63, 3.8) is 0 Å². The Balaban J connectivity index is 2.36. The first-order chi connectivity index (χ1) is 9.11. The van der Waals surface area contributed by atoms with E-state index >= 15 is 0 Å². The molecule has 2 amide bonds. The van der Waals surface area contributed by atoms with Gasteiger partial charge in [-0.2, -0.15) is 0 Å². The lowest BCUT2D eigenvalue weighted by molar-refractivity contribution is -0.120. The van der Waals surface area contributed by atoms with Crippen molar-refractivity contribution in [2.24, 2.45) is 0 Å². The maximum Gasteiger partial charge on any atom is 0.224 e. The van der Waals surface area contributed by atoms with E-state index in [1.54, 1.807) is 12.1 Å². The van der Waals surface area contributed by atoms with Gasteiger partial charge in [-0.3, -0.25) is 9.59 Å². The molecular formula is C15H22N2O2. The van der Waals surface area contributed by atoms with Crippen molar-refractivity contribution in [3.05, 3.63) is 29.8 Å². The molecule has 4 heteroatoms. The molecule has 0 fully saturated rings. The highest BCUT2D eigenvalue weighted by atomic mass is 16.2. The highest BCUT2D eigenvalue weighted by Gasteiger charge is 2.03. The first kappa shape index (κ1) is 15.2. The van der Waals surface area contributed by atoms with Crippen LogP contribution in [-0.4, -0.2) is 18.4 Å². The minimum atomic E-state index is -0.0959. The first-order valence-corrected chi connectivity index (χ1v) is 6.75. The molecule has 0 bridgehead atoms. The van der Waals surface area contributed by atoms with Crippen molar-refractivity contribution in [3.8, 4) is 0 Å². The van der Waals surface area contributed by atoms with E-state index in [0.717, 1.165) is 37.1 Å². The second-order valence-electron chi connectivity index (χ2n) is 4.61. The maximum absolute atomic E-state index is 11.7. The first-order valence-electron chi connectivity index (χ1n) is 6.75. The standard InChI is InChI=1S/C15H22N2O2/c1-3-4-5-10-16-15(19)11-13-6-8-14(9-7-13)17-12(2)18/h6-9H,3-5,10-11H2,1-2H3,(H,16,19)(H,17,18). The summed E-state index contributed by atoms with van der Waals surface area (Å²) in [6.07, 6.45) is 3.71. The zero-order valence-electron chi connectivity index (χ0n) is 11.7. The second kappa shape index (κ2) is 8.29. The van der Waals surface area contributed by atoms with Crippen LogP contribution in [0.4, 0.5) is 5.69 Å². The summed E-state index contributed by atoms with van der Waals surface area (Å²) in [5.74, 6) is -0.0511. The molecule has 0 radical (unpaired) electrons. The topological polar surface area (TPSA) is 58.2 Å². The summed E-state index contributed by atoms with van der Waals surface area (Å²) in [5.41, 5.74) is 1.70. The Kier molecular flexibility index (Phi) is 6.64. The summed E-state index contributed by atoms with van der Waals surface area (Å²) < 4.78 is 0. The van der Waals surface area contributed by atoms with Gasteiger partial charge in [0.05, 0.1) is 6.42 Å². The molecule has 4 nitrogen and oxygen atoms in total. The van der Waals surface area contributed by atoms with Crippen LogP contribution in [-0.2, 0) is 16.0 Å². The minimum Gasteiger partial charge on any atom is -0.356 e. The van der Waals surface area contributed by atoms with Gasteiger partial charge in [0.15, 0.2) is 0 Å². The van der Waals surface area contributed by atoms with Crippen LogP contribution in [0.25, 0.3) is 0 Å². The van der Waals surface area contributed by atoms with Crippen LogP contribution in [0, 0.1) is 0 Å². The predicted octanol–water partition coefficient (Wildman–Crippen LogP) is 2.49. The molecule has 0 aromatic heterocycles. The van der Waals surface area contributed by atoms with E-state index in [2.05, 4.69) is 17.6 Å². The van der Waals surface area contributed by atoms with Gasteiger partial charge in [-0.05, 0) is 24.1 Å². The number of amides is 2. The lowest BCUT2D eigenvalue weighted by atomic mass is 10.1. The lowest BCUT2D eigenvalue weighted by Gasteiger charge is -2.06. The fraction of sp³-hybridized carbons (Fsp3) is 0.467. The van der Waals surface area contributed by atoms with Gasteiger partial charge in [-0.25, -0.2) is 0 Å². The summed E-state index contributed by atoms with van der Waals surface area (Å²) in [6.45, 7) is 4.35. The molecular weight excluding hydrogens is 240 g/mol. The Morgan fingerprint density at radius 1 is 1.11 bits per heavy atom. The van der Waals surface area contributed by atoms with Gasteiger partial charge >= 0.3 is 0 Å². The number of hydrogen-bond acceptors (Lipinski definition) is 2. The summed E-state index contributed by atoms with van der Waals surface area (Å²) in [7, 11) is 0. The van der Waals surface area contributed by atoms with Gasteiger partial charge < -0.3 is 10.6 Å². The largest absolute Gasteiger partial charge is 0.356 e. The predicted molar refractivity (Wildman–Crippen MR) is 77.0 cm³/mol. The van der Waals surface area contributed by atoms with Crippen LogP contribution < -0.4 is 10.6 Å². The number of rotatable bonds is 7. The number of unbranched alkanes of at least 4 members (excludes halogenated alkanes) is 2. The maximum atomic E-state index is 11.7. The Labute approximate surface area is 114 Å². The van der Waals surface area contributed by atoms with E-state index in [0.29, 0.717) is 6.42 Å². The monoisotopic (exact) mass is 262 g/mol. The number of anilines is 1. The number of nitrogens with one attached hydrogen (secondary N) is 2. The summed E-state index contributed by atoms with van der Waals surface area (Å²) >= 11 is 0. The molecule has 0 spiro atoms. The van der Waals surface area contributed by atoms with Crippen LogP contribution in [0.5, 0.6) is 0 Å². The average Bonchev–Trinajstić information content (AvgIpc) is 2.36. The van der Waals surface area contributed by atoms with E-state index in [1.165, 1.54) is 6.92 Å². The molecule has 19 heavy (non-hydrogen) atoms. The minimum absolute atomic E-state index is 0.0448. The van der Waals surface area contributed by atoms with Crippen LogP contribution >= 0.6 is 0 Å². The Morgan fingerprint density at radius 2 is 1.79 bits per heavy atom. The lowest BCUT2D eigenvalue weighted by Crippen LogP contribution is -2.26. The van der Waals surface area contributed by atoms with Crippen molar-refractivity contribution in [1.29, 1.82) is 0 Å². The van der Waals surface area contributed by atoms with Gasteiger partial charge in [-0.1, -0.05) is 31.9 Å². The van der Waals surface area contributed by atoms with E-state index in [9.17, 15) is 9.59 Å². The highest BCUT2D eigenvalue weighted by molar-refractivity contribution is 5.88. The smallest absolute Gasteiger partial charge is 0.224 e. The molecule has 104 valence electrons. The molecule has 1 aromatic rings. The molecule has 2 N–H and O–H groups in total. The molecule has 0 heterocycles. The zero-order chi connectivity index (χ0) is 14.1. The molecule has 0 saturated heterocycles. The van der Waals surface area contributed by atoms with Crippen LogP contribution in [0.3, 0.4) is 0 Å². The quantitative estimate of drug-likeness (QED) is 0.742. The molecule has 0 aliphatic heterocycles. The van der Waals surface area contributed by atoms with Crippen LogP contribution in [0.2, 0.25) is 0 Å². The third kappa shape index (κ3) is 6.60. The molecule has 0 atom stereocenters. The Bertz CT molecular complexity index is 413. The molecule has 1 rings (SSSR count). The number of hydrogen-bond donors (Lipinski definition) is 2. The Hall–Kier alpha value is -1.84. The zero-order valence-corrected chi connectivity index (χ0v) is 11.7. The van der Waals surface area contributed by atoms with E-state index in [4.69, 9.17) is 0 Å². The second-order valence-corrected chi connectivity index (χ2v) is 4.61. The number of carbonyl (C=O) groups is 2. The highest BCUT2D eigenvalue weighted by Crippen LogP contribution is 2.09. The van der Waals surface area contributed by atoms with Gasteiger partial charge in [0.25, 0.3) is 0 Å². The molecule has 0 saturated carbocycles. The van der Waals surface area contributed by atoms with Gasteiger partial charge in [-0.15, -0.1) is 0 Å². The summed E-state index contributed by atoms with van der Waals surface area (Å²) in [4.78, 5) is 22.5. The fourth-order valence-electron chi connectivity index (χ4n) is 1.76. The Morgan fingerprint density at radius 3 is 2.37 bits per heavy atom. The van der Waals surface area contributed by atoms with E-state index in [1.807, 2.05) is 12.1 Å². The molecule has 0 aliphatic rings. The summed E-state index contributed by atoms with van der Waals surface area (Å²) in [5, 5.41) is 5.60. The van der Waals surface area contributed by atoms with Gasteiger partial charge in [0.2, 0.25) is 11.8 Å². The molecule has 0 aliphatic carbocycles. The van der Waals surface area contributed by atoms with E-state index < -0.39 is 0 Å². The van der Waals surface area contributed by atoms with Gasteiger partial charge in [0, 0.05) is 19.2 Å². The fourth-order valence-corrected chi connectivity index (χ4v) is 1.76. The third-order valence-corrected chi connectivity index (χ3v) is 2.74. The SMILES string of the molecule is CCCCCNC(=O)Cc1ccc(NC(C)=O)cc1. The van der Waals surface area contributed by atoms with E-state index in [-0.39, 0.29) is 11.8 Å². The normalized spacial score (nSPS) is 10.0. The van der Waals surface area contributed by atoms with Crippen LogP contribution in [0.15, 0.2) is 24.3 Å². The number of benzene rings is 1.